The largest absolute Gasteiger partial charge is 0.395 e. The minimum atomic E-state index is 0.213. The molecule has 1 fully saturated rings. The van der Waals surface area contributed by atoms with Gasteiger partial charge in [0.25, 0.3) is 0 Å². The highest BCUT2D eigenvalue weighted by molar-refractivity contribution is 7.99. The van der Waals surface area contributed by atoms with Crippen molar-refractivity contribution in [2.75, 3.05) is 39.3 Å². The second-order valence-corrected chi connectivity index (χ2v) is 9.00. The Morgan fingerprint density at radius 1 is 0.963 bits per heavy atom. The number of aliphatic hydroxyl groups excluding tert-OH is 1. The predicted octanol–water partition coefficient (Wildman–Crippen LogP) is 5.47. The second-order valence-electron chi connectivity index (χ2n) is 6.64. The lowest BCUT2D eigenvalue weighted by atomic mass is 10.1. The van der Waals surface area contributed by atoms with Gasteiger partial charge < -0.3 is 5.11 Å². The first-order chi connectivity index (χ1) is 13.0. The average molecular weight is 446 g/mol. The fourth-order valence-electron chi connectivity index (χ4n) is 3.32. The zero-order valence-electron chi connectivity index (χ0n) is 15.2. The molecule has 1 unspecified atom stereocenters. The number of nitrogens with zero attached hydrogens (tertiary/aromatic N) is 2. The van der Waals surface area contributed by atoms with Crippen LogP contribution in [-0.2, 0) is 0 Å². The van der Waals surface area contributed by atoms with Gasteiger partial charge >= 0.3 is 0 Å². The third-order valence-electron chi connectivity index (χ3n) is 4.91. The van der Waals surface area contributed by atoms with Crippen molar-refractivity contribution in [1.29, 1.82) is 0 Å². The molecule has 1 aliphatic rings. The van der Waals surface area contributed by atoms with Gasteiger partial charge in [0.2, 0.25) is 0 Å². The minimum absolute atomic E-state index is 0.213. The Morgan fingerprint density at radius 2 is 1.63 bits per heavy atom. The Hall–Kier alpha value is -0.460. The van der Waals surface area contributed by atoms with Crippen molar-refractivity contribution in [2.24, 2.45) is 0 Å². The number of benzene rings is 2. The van der Waals surface area contributed by atoms with E-state index in [-0.39, 0.29) is 12.6 Å². The Kier molecular flexibility index (Phi) is 7.74. The number of aliphatic hydroxyl groups is 1. The molecule has 1 N–H and O–H groups in total. The van der Waals surface area contributed by atoms with Gasteiger partial charge in [-0.15, -0.1) is 0 Å². The van der Waals surface area contributed by atoms with Crippen LogP contribution in [0.4, 0.5) is 0 Å². The van der Waals surface area contributed by atoms with Crippen molar-refractivity contribution in [1.82, 2.24) is 9.80 Å². The summed E-state index contributed by atoms with van der Waals surface area (Å²) < 4.78 is 0. The van der Waals surface area contributed by atoms with Crippen LogP contribution in [0.15, 0.2) is 46.2 Å². The standard InChI is InChI=1S/C20H23Cl3N2OS/c1-14(25-8-6-24(7-9-25)10-11-26)17-12-15(21)3-5-19(17)27-20-13-16(22)2-4-18(20)23/h2-5,12-14,26H,6-11H2,1H3. The van der Waals surface area contributed by atoms with Gasteiger partial charge in [-0.1, -0.05) is 46.6 Å². The summed E-state index contributed by atoms with van der Waals surface area (Å²) in [7, 11) is 0. The van der Waals surface area contributed by atoms with Crippen LogP contribution in [0, 0.1) is 0 Å². The van der Waals surface area contributed by atoms with Crippen LogP contribution in [0.2, 0.25) is 15.1 Å². The number of hydrogen-bond donors (Lipinski definition) is 1. The van der Waals surface area contributed by atoms with Crippen LogP contribution in [-0.4, -0.2) is 54.2 Å². The summed E-state index contributed by atoms with van der Waals surface area (Å²) in [5, 5.41) is 11.2. The zero-order chi connectivity index (χ0) is 19.4. The molecule has 3 nitrogen and oxygen atoms in total. The van der Waals surface area contributed by atoms with E-state index in [1.807, 2.05) is 24.3 Å². The van der Waals surface area contributed by atoms with Crippen molar-refractivity contribution in [3.63, 3.8) is 0 Å². The maximum absolute atomic E-state index is 9.13. The summed E-state index contributed by atoms with van der Waals surface area (Å²) in [6.45, 7) is 7.04. The van der Waals surface area contributed by atoms with Crippen molar-refractivity contribution < 1.29 is 5.11 Å². The molecule has 2 aromatic rings. The van der Waals surface area contributed by atoms with Crippen molar-refractivity contribution in [3.8, 4) is 0 Å². The summed E-state index contributed by atoms with van der Waals surface area (Å²) in [5.41, 5.74) is 1.19. The normalized spacial score (nSPS) is 17.2. The summed E-state index contributed by atoms with van der Waals surface area (Å²) >= 11 is 20.4. The highest BCUT2D eigenvalue weighted by atomic mass is 35.5. The Bertz CT molecular complexity index is 782. The highest BCUT2D eigenvalue weighted by Gasteiger charge is 2.24. The minimum Gasteiger partial charge on any atom is -0.395 e. The maximum Gasteiger partial charge on any atom is 0.0558 e. The van der Waals surface area contributed by atoms with Gasteiger partial charge in [0, 0.05) is 58.6 Å². The summed E-state index contributed by atoms with van der Waals surface area (Å²) in [6.07, 6.45) is 0. The average Bonchev–Trinajstić information content (AvgIpc) is 2.66. The SMILES string of the molecule is CC(c1cc(Cl)ccc1Sc1cc(Cl)ccc1Cl)N1CCN(CCO)CC1. The van der Waals surface area contributed by atoms with Crippen LogP contribution in [0.5, 0.6) is 0 Å². The Morgan fingerprint density at radius 3 is 2.33 bits per heavy atom. The van der Waals surface area contributed by atoms with E-state index >= 15 is 0 Å². The molecule has 0 amide bonds. The highest BCUT2D eigenvalue weighted by Crippen LogP contribution is 2.40. The molecule has 0 aliphatic carbocycles. The fourth-order valence-corrected chi connectivity index (χ4v) is 5.05. The van der Waals surface area contributed by atoms with Crippen LogP contribution in [0.1, 0.15) is 18.5 Å². The van der Waals surface area contributed by atoms with E-state index in [1.165, 1.54) is 5.56 Å². The molecule has 0 spiro atoms. The second kappa shape index (κ2) is 9.84. The number of halogens is 3. The zero-order valence-corrected chi connectivity index (χ0v) is 18.3. The molecule has 0 saturated carbocycles. The third kappa shape index (κ3) is 5.54. The van der Waals surface area contributed by atoms with Gasteiger partial charge in [-0.05, 0) is 48.9 Å². The summed E-state index contributed by atoms with van der Waals surface area (Å²) in [6, 6.07) is 11.8. The summed E-state index contributed by atoms with van der Waals surface area (Å²) in [5.74, 6) is 0. The molecule has 27 heavy (non-hydrogen) atoms. The molecule has 2 aromatic carbocycles. The van der Waals surface area contributed by atoms with Crippen LogP contribution >= 0.6 is 46.6 Å². The molecule has 0 aromatic heterocycles. The molecule has 1 atom stereocenters. The van der Waals surface area contributed by atoms with Gasteiger partial charge in [0.15, 0.2) is 0 Å². The van der Waals surface area contributed by atoms with Gasteiger partial charge in [-0.2, -0.15) is 0 Å². The van der Waals surface area contributed by atoms with Gasteiger partial charge in [0.1, 0.15) is 0 Å². The fraction of sp³-hybridized carbons (Fsp3) is 0.400. The van der Waals surface area contributed by atoms with E-state index in [0.29, 0.717) is 10.0 Å². The molecule has 1 saturated heterocycles. The molecule has 7 heteroatoms. The van der Waals surface area contributed by atoms with E-state index in [1.54, 1.807) is 17.8 Å². The monoisotopic (exact) mass is 444 g/mol. The molecular weight excluding hydrogens is 423 g/mol. The molecule has 1 aliphatic heterocycles. The van der Waals surface area contributed by atoms with Crippen molar-refractivity contribution in [3.05, 3.63) is 57.0 Å². The first-order valence-electron chi connectivity index (χ1n) is 8.97. The Labute approximate surface area is 180 Å². The molecule has 3 rings (SSSR count). The van der Waals surface area contributed by atoms with Crippen molar-refractivity contribution in [2.45, 2.75) is 22.8 Å². The first kappa shape index (κ1) is 21.3. The maximum atomic E-state index is 9.13. The smallest absolute Gasteiger partial charge is 0.0558 e. The van der Waals surface area contributed by atoms with Gasteiger partial charge in [-0.3, -0.25) is 9.80 Å². The molecular formula is C20H23Cl3N2OS. The number of hydrogen-bond acceptors (Lipinski definition) is 4. The lowest BCUT2D eigenvalue weighted by Gasteiger charge is -2.38. The van der Waals surface area contributed by atoms with Crippen LogP contribution < -0.4 is 0 Å². The number of piperazine rings is 1. The molecule has 0 bridgehead atoms. The third-order valence-corrected chi connectivity index (χ3v) is 6.97. The van der Waals surface area contributed by atoms with E-state index in [4.69, 9.17) is 39.9 Å². The van der Waals surface area contributed by atoms with E-state index < -0.39 is 0 Å². The molecule has 1 heterocycles. The lowest BCUT2D eigenvalue weighted by molar-refractivity contribution is 0.0881. The number of rotatable bonds is 6. The number of β-amino-alcohol motifs (C(OH)–C–C–N with tert-alkyl or cyclic N) is 1. The summed E-state index contributed by atoms with van der Waals surface area (Å²) in [4.78, 5) is 6.83. The van der Waals surface area contributed by atoms with E-state index in [0.717, 1.165) is 47.5 Å². The molecule has 0 radical (unpaired) electrons. The topological polar surface area (TPSA) is 26.7 Å². The van der Waals surface area contributed by atoms with E-state index in [9.17, 15) is 0 Å². The van der Waals surface area contributed by atoms with Crippen molar-refractivity contribution >= 4 is 46.6 Å². The first-order valence-corrected chi connectivity index (χ1v) is 10.9. The van der Waals surface area contributed by atoms with Gasteiger partial charge in [0.05, 0.1) is 11.6 Å². The van der Waals surface area contributed by atoms with E-state index in [2.05, 4.69) is 22.8 Å². The lowest BCUT2D eigenvalue weighted by Crippen LogP contribution is -2.47. The van der Waals surface area contributed by atoms with Gasteiger partial charge in [-0.25, -0.2) is 0 Å². The van der Waals surface area contributed by atoms with Crippen LogP contribution in [0.25, 0.3) is 0 Å². The molecule has 146 valence electrons. The quantitative estimate of drug-likeness (QED) is 0.638. The Balaban J connectivity index is 1.80. The van der Waals surface area contributed by atoms with Crippen LogP contribution in [0.3, 0.4) is 0 Å². The predicted molar refractivity (Wildman–Crippen MR) is 116 cm³/mol.